The number of nitrogens with zero attached hydrogens (tertiary/aromatic N) is 4. The SMILES string of the molecule is CC(C)CN1CCN(Cn2cc(-c3ccccc3)cn2)CC1. The standard InChI is InChI=1S/C18H26N4/c1-16(2)13-20-8-10-21(11-9-20)15-22-14-18(12-19-22)17-6-4-3-5-7-17/h3-7,12,14,16H,8-11,13,15H2,1-2H3. The average Bonchev–Trinajstić information content (AvgIpc) is 2.98. The number of aromatic nitrogens is 2. The zero-order valence-corrected chi connectivity index (χ0v) is 13.7. The highest BCUT2D eigenvalue weighted by Crippen LogP contribution is 2.17. The van der Waals surface area contributed by atoms with Gasteiger partial charge in [0.25, 0.3) is 0 Å². The van der Waals surface area contributed by atoms with Gasteiger partial charge in [0.15, 0.2) is 0 Å². The Balaban J connectivity index is 1.54. The van der Waals surface area contributed by atoms with Gasteiger partial charge in [-0.2, -0.15) is 5.10 Å². The summed E-state index contributed by atoms with van der Waals surface area (Å²) in [6.07, 6.45) is 4.11. The van der Waals surface area contributed by atoms with E-state index in [9.17, 15) is 0 Å². The van der Waals surface area contributed by atoms with Crippen molar-refractivity contribution in [2.75, 3.05) is 32.7 Å². The van der Waals surface area contributed by atoms with Crippen molar-refractivity contribution in [1.29, 1.82) is 0 Å². The van der Waals surface area contributed by atoms with Gasteiger partial charge in [-0.1, -0.05) is 44.2 Å². The van der Waals surface area contributed by atoms with Crippen LogP contribution in [0.5, 0.6) is 0 Å². The number of piperazine rings is 1. The Morgan fingerprint density at radius 1 is 0.955 bits per heavy atom. The van der Waals surface area contributed by atoms with Gasteiger partial charge in [0.2, 0.25) is 0 Å². The van der Waals surface area contributed by atoms with Crippen LogP contribution in [0.3, 0.4) is 0 Å². The summed E-state index contributed by atoms with van der Waals surface area (Å²) in [6, 6.07) is 10.4. The molecule has 0 atom stereocenters. The second-order valence-corrected chi connectivity index (χ2v) is 6.59. The first-order valence-electron chi connectivity index (χ1n) is 8.23. The molecule has 1 aromatic heterocycles. The Morgan fingerprint density at radius 2 is 1.64 bits per heavy atom. The minimum Gasteiger partial charge on any atom is -0.301 e. The molecule has 0 bridgehead atoms. The molecule has 2 aromatic rings. The number of hydrogen-bond donors (Lipinski definition) is 0. The number of hydrogen-bond acceptors (Lipinski definition) is 3. The largest absolute Gasteiger partial charge is 0.301 e. The Hall–Kier alpha value is -1.65. The molecule has 4 nitrogen and oxygen atoms in total. The van der Waals surface area contributed by atoms with E-state index in [4.69, 9.17) is 0 Å². The van der Waals surface area contributed by atoms with Crippen LogP contribution in [-0.2, 0) is 6.67 Å². The van der Waals surface area contributed by atoms with Crippen LogP contribution in [-0.4, -0.2) is 52.3 Å². The highest BCUT2D eigenvalue weighted by Gasteiger charge is 2.17. The van der Waals surface area contributed by atoms with Gasteiger partial charge < -0.3 is 4.90 Å². The third-order valence-corrected chi connectivity index (χ3v) is 4.17. The normalized spacial score (nSPS) is 17.2. The van der Waals surface area contributed by atoms with Crippen molar-refractivity contribution in [2.45, 2.75) is 20.5 Å². The summed E-state index contributed by atoms with van der Waals surface area (Å²) in [4.78, 5) is 5.05. The van der Waals surface area contributed by atoms with Gasteiger partial charge in [0.1, 0.15) is 0 Å². The molecule has 0 radical (unpaired) electrons. The van der Waals surface area contributed by atoms with Crippen LogP contribution < -0.4 is 0 Å². The van der Waals surface area contributed by atoms with Gasteiger partial charge >= 0.3 is 0 Å². The first-order valence-corrected chi connectivity index (χ1v) is 8.23. The molecule has 3 rings (SSSR count). The van der Waals surface area contributed by atoms with Gasteiger partial charge in [0, 0.05) is 44.5 Å². The van der Waals surface area contributed by atoms with E-state index in [0.717, 1.165) is 25.7 Å². The zero-order valence-electron chi connectivity index (χ0n) is 13.7. The van der Waals surface area contributed by atoms with E-state index in [2.05, 4.69) is 63.9 Å². The summed E-state index contributed by atoms with van der Waals surface area (Å²) >= 11 is 0. The van der Waals surface area contributed by atoms with Gasteiger partial charge in [-0.15, -0.1) is 0 Å². The predicted octanol–water partition coefficient (Wildman–Crippen LogP) is 2.78. The smallest absolute Gasteiger partial charge is 0.0929 e. The van der Waals surface area contributed by atoms with Crippen LogP contribution >= 0.6 is 0 Å². The van der Waals surface area contributed by atoms with Crippen LogP contribution in [0.1, 0.15) is 13.8 Å². The molecule has 1 fully saturated rings. The summed E-state index contributed by atoms with van der Waals surface area (Å²) < 4.78 is 2.06. The van der Waals surface area contributed by atoms with Crippen LogP contribution in [0, 0.1) is 5.92 Å². The van der Waals surface area contributed by atoms with Crippen LogP contribution in [0.25, 0.3) is 11.1 Å². The topological polar surface area (TPSA) is 24.3 Å². The minimum atomic E-state index is 0.756. The second kappa shape index (κ2) is 7.07. The molecule has 0 spiro atoms. The molecule has 0 amide bonds. The monoisotopic (exact) mass is 298 g/mol. The van der Waals surface area contributed by atoms with Gasteiger partial charge in [0.05, 0.1) is 12.9 Å². The van der Waals surface area contributed by atoms with Crippen molar-refractivity contribution in [1.82, 2.24) is 19.6 Å². The number of benzene rings is 1. The van der Waals surface area contributed by atoms with Crippen LogP contribution in [0.4, 0.5) is 0 Å². The Bertz CT molecular complexity index is 568. The fraction of sp³-hybridized carbons (Fsp3) is 0.500. The Morgan fingerprint density at radius 3 is 2.32 bits per heavy atom. The third-order valence-electron chi connectivity index (χ3n) is 4.17. The number of rotatable bonds is 5. The highest BCUT2D eigenvalue weighted by molar-refractivity contribution is 5.61. The molecule has 1 aliphatic rings. The molecular weight excluding hydrogens is 272 g/mol. The fourth-order valence-electron chi connectivity index (χ4n) is 3.06. The van der Waals surface area contributed by atoms with E-state index >= 15 is 0 Å². The van der Waals surface area contributed by atoms with E-state index < -0.39 is 0 Å². The summed E-state index contributed by atoms with van der Waals surface area (Å²) in [5, 5.41) is 4.52. The second-order valence-electron chi connectivity index (χ2n) is 6.59. The molecule has 0 N–H and O–H groups in total. The van der Waals surface area contributed by atoms with Crippen LogP contribution in [0.15, 0.2) is 42.7 Å². The van der Waals surface area contributed by atoms with E-state index in [0.29, 0.717) is 0 Å². The molecule has 1 saturated heterocycles. The molecule has 1 aliphatic heterocycles. The summed E-state index contributed by atoms with van der Waals surface area (Å²) in [5.74, 6) is 0.756. The van der Waals surface area contributed by atoms with Gasteiger partial charge in [-0.25, -0.2) is 0 Å². The maximum Gasteiger partial charge on any atom is 0.0929 e. The molecule has 1 aromatic carbocycles. The Labute approximate surface area is 133 Å². The van der Waals surface area contributed by atoms with E-state index in [1.54, 1.807) is 0 Å². The fourth-order valence-corrected chi connectivity index (χ4v) is 3.06. The highest BCUT2D eigenvalue weighted by atomic mass is 15.4. The van der Waals surface area contributed by atoms with E-state index in [1.807, 2.05) is 12.3 Å². The first-order chi connectivity index (χ1) is 10.7. The zero-order chi connectivity index (χ0) is 15.4. The summed E-state index contributed by atoms with van der Waals surface area (Å²) in [6.45, 7) is 11.3. The quantitative estimate of drug-likeness (QED) is 0.848. The lowest BCUT2D eigenvalue weighted by atomic mass is 10.1. The molecule has 4 heteroatoms. The lowest BCUT2D eigenvalue weighted by Crippen LogP contribution is -2.47. The van der Waals surface area contributed by atoms with E-state index in [1.165, 1.54) is 30.8 Å². The maximum absolute atomic E-state index is 4.52. The lowest BCUT2D eigenvalue weighted by molar-refractivity contribution is 0.0957. The lowest BCUT2D eigenvalue weighted by Gasteiger charge is -2.35. The van der Waals surface area contributed by atoms with E-state index in [-0.39, 0.29) is 0 Å². The molecule has 118 valence electrons. The molecular formula is C18H26N4. The van der Waals surface area contributed by atoms with Gasteiger partial charge in [-0.05, 0) is 11.5 Å². The molecule has 22 heavy (non-hydrogen) atoms. The third kappa shape index (κ3) is 3.96. The predicted molar refractivity (Wildman–Crippen MR) is 90.5 cm³/mol. The van der Waals surface area contributed by atoms with Crippen molar-refractivity contribution in [3.8, 4) is 11.1 Å². The summed E-state index contributed by atoms with van der Waals surface area (Å²) in [7, 11) is 0. The van der Waals surface area contributed by atoms with Crippen molar-refractivity contribution in [2.24, 2.45) is 5.92 Å². The van der Waals surface area contributed by atoms with Crippen molar-refractivity contribution >= 4 is 0 Å². The summed E-state index contributed by atoms with van der Waals surface area (Å²) in [5.41, 5.74) is 2.43. The van der Waals surface area contributed by atoms with Gasteiger partial charge in [-0.3, -0.25) is 9.58 Å². The molecule has 0 aliphatic carbocycles. The molecule has 0 saturated carbocycles. The molecule has 2 heterocycles. The first kappa shape index (κ1) is 15.3. The van der Waals surface area contributed by atoms with Crippen LogP contribution in [0.2, 0.25) is 0 Å². The Kier molecular flexibility index (Phi) is 4.90. The van der Waals surface area contributed by atoms with Crippen molar-refractivity contribution in [3.05, 3.63) is 42.7 Å². The maximum atomic E-state index is 4.52. The minimum absolute atomic E-state index is 0.756. The van der Waals surface area contributed by atoms with Crippen molar-refractivity contribution in [3.63, 3.8) is 0 Å². The molecule has 0 unspecified atom stereocenters. The average molecular weight is 298 g/mol. The van der Waals surface area contributed by atoms with Crippen molar-refractivity contribution < 1.29 is 0 Å².